The minimum atomic E-state index is -0.0437. The van der Waals surface area contributed by atoms with Crippen molar-refractivity contribution in [2.45, 2.75) is 19.9 Å². The van der Waals surface area contributed by atoms with Gasteiger partial charge >= 0.3 is 0 Å². The van der Waals surface area contributed by atoms with Crippen molar-refractivity contribution in [2.24, 2.45) is 0 Å². The Balaban J connectivity index is 2.40. The average molecular weight is 305 g/mol. The molecule has 2 aromatic carbocycles. The summed E-state index contributed by atoms with van der Waals surface area (Å²) in [6, 6.07) is 14.4. The van der Waals surface area contributed by atoms with Crippen molar-refractivity contribution < 1.29 is 4.79 Å². The summed E-state index contributed by atoms with van der Waals surface area (Å²) in [7, 11) is 1.83. The van der Waals surface area contributed by atoms with E-state index in [4.69, 9.17) is 0 Å². The van der Waals surface area contributed by atoms with Gasteiger partial charge in [-0.1, -0.05) is 61.7 Å². The molecule has 0 aliphatic carbocycles. The second kappa shape index (κ2) is 7.10. The number of allylic oxidation sites excluding steroid dienone is 2. The van der Waals surface area contributed by atoms with E-state index in [1.807, 2.05) is 39.1 Å². The van der Waals surface area contributed by atoms with Crippen molar-refractivity contribution in [3.63, 3.8) is 0 Å². The maximum absolute atomic E-state index is 12.8. The number of carbonyl (C=O) groups excluding carboxylic acids is 1. The summed E-state index contributed by atoms with van der Waals surface area (Å²) >= 11 is 0. The zero-order chi connectivity index (χ0) is 17.0. The summed E-state index contributed by atoms with van der Waals surface area (Å²) < 4.78 is 0. The number of rotatable bonds is 5. The summed E-state index contributed by atoms with van der Waals surface area (Å²) in [5, 5.41) is 2.35. The van der Waals surface area contributed by atoms with Gasteiger partial charge in [0.15, 0.2) is 0 Å². The monoisotopic (exact) mass is 305 g/mol. The second-order valence-corrected chi connectivity index (χ2v) is 5.76. The van der Waals surface area contributed by atoms with Crippen LogP contribution in [0.4, 0.5) is 0 Å². The highest BCUT2D eigenvalue weighted by Gasteiger charge is 2.22. The number of likely N-dealkylation sites (N-methyl/N-ethyl adjacent to an activating group) is 1. The van der Waals surface area contributed by atoms with Gasteiger partial charge in [-0.05, 0) is 41.8 Å². The molecular weight excluding hydrogens is 282 g/mol. The van der Waals surface area contributed by atoms with Gasteiger partial charge in [0.2, 0.25) is 0 Å². The van der Waals surface area contributed by atoms with Crippen LogP contribution >= 0.6 is 0 Å². The summed E-state index contributed by atoms with van der Waals surface area (Å²) in [6.45, 7) is 11.5. The maximum atomic E-state index is 12.8. The first kappa shape index (κ1) is 16.8. The van der Waals surface area contributed by atoms with E-state index in [9.17, 15) is 4.79 Å². The normalized spacial score (nSPS) is 12.7. The fraction of sp³-hybridized carbons (Fsp3) is 0.190. The summed E-state index contributed by atoms with van der Waals surface area (Å²) in [5.41, 5.74) is 2.47. The van der Waals surface area contributed by atoms with Gasteiger partial charge in [-0.2, -0.15) is 0 Å². The van der Waals surface area contributed by atoms with Crippen LogP contribution < -0.4 is 0 Å². The van der Waals surface area contributed by atoms with E-state index in [1.165, 1.54) is 10.8 Å². The van der Waals surface area contributed by atoms with Crippen LogP contribution in [0.3, 0.4) is 0 Å². The smallest absolute Gasteiger partial charge is 0.254 e. The molecule has 0 fully saturated rings. The van der Waals surface area contributed by atoms with E-state index in [0.717, 1.165) is 11.1 Å². The molecule has 2 aromatic rings. The molecule has 0 aliphatic rings. The highest BCUT2D eigenvalue weighted by Crippen LogP contribution is 2.28. The van der Waals surface area contributed by atoms with Gasteiger partial charge < -0.3 is 4.90 Å². The van der Waals surface area contributed by atoms with Crippen LogP contribution in [0.5, 0.6) is 0 Å². The molecular formula is C21H23NO. The summed E-state index contributed by atoms with van der Waals surface area (Å²) in [5.74, 6) is -0.0437. The van der Waals surface area contributed by atoms with Crippen LogP contribution in [0, 0.1) is 0 Å². The molecule has 1 amide bonds. The Morgan fingerprint density at radius 1 is 1.17 bits per heavy atom. The third-order valence-electron chi connectivity index (χ3n) is 4.15. The number of hydrogen-bond donors (Lipinski definition) is 0. The summed E-state index contributed by atoms with van der Waals surface area (Å²) in [4.78, 5) is 14.5. The minimum absolute atomic E-state index is 0.0406. The Morgan fingerprint density at radius 3 is 2.48 bits per heavy atom. The molecule has 0 heterocycles. The highest BCUT2D eigenvalue weighted by molar-refractivity contribution is 5.98. The van der Waals surface area contributed by atoms with Gasteiger partial charge in [-0.15, -0.1) is 0 Å². The van der Waals surface area contributed by atoms with Gasteiger partial charge in [0, 0.05) is 12.6 Å². The number of hydrogen-bond acceptors (Lipinski definition) is 1. The fourth-order valence-electron chi connectivity index (χ4n) is 2.70. The fourth-order valence-corrected chi connectivity index (χ4v) is 2.70. The van der Waals surface area contributed by atoms with Crippen LogP contribution in [0.1, 0.15) is 25.5 Å². The molecule has 0 spiro atoms. The van der Waals surface area contributed by atoms with Crippen molar-refractivity contribution in [2.75, 3.05) is 7.05 Å². The molecule has 0 aliphatic heterocycles. The van der Waals surface area contributed by atoms with Crippen LogP contribution in [0.15, 0.2) is 78.9 Å². The molecule has 0 saturated carbocycles. The molecule has 0 saturated heterocycles. The average Bonchev–Trinajstić information content (AvgIpc) is 2.57. The van der Waals surface area contributed by atoms with Gasteiger partial charge in [0.1, 0.15) is 0 Å². The van der Waals surface area contributed by atoms with E-state index >= 15 is 0 Å². The molecule has 23 heavy (non-hydrogen) atoms. The van der Waals surface area contributed by atoms with Gasteiger partial charge in [0.05, 0.1) is 6.04 Å². The molecule has 2 nitrogen and oxygen atoms in total. The van der Waals surface area contributed by atoms with Gasteiger partial charge in [-0.25, -0.2) is 0 Å². The standard InChI is InChI=1S/C21H23NO/c1-6-10-18(15(2)3)21(23)22(5)16(4)19-14-9-12-17-11-7-8-13-20(17)19/h6-14,16H,1-2H2,3-5H3/b18-10+/t16-/m1/s1. The predicted molar refractivity (Wildman–Crippen MR) is 98.2 cm³/mol. The van der Waals surface area contributed by atoms with E-state index in [1.54, 1.807) is 17.1 Å². The Labute approximate surface area is 138 Å². The Bertz CT molecular complexity index is 780. The van der Waals surface area contributed by atoms with Crippen LogP contribution in [0.25, 0.3) is 10.8 Å². The SMILES string of the molecule is C=C/C=C(\C(=C)C)C(=O)N(C)[C@H](C)c1cccc2ccccc12. The Kier molecular flexibility index (Phi) is 5.17. The number of benzene rings is 2. The Hall–Kier alpha value is -2.61. The first-order valence-corrected chi connectivity index (χ1v) is 7.70. The number of fused-ring (bicyclic) bond motifs is 1. The number of nitrogens with zero attached hydrogens (tertiary/aromatic N) is 1. The van der Waals surface area contributed by atoms with Crippen molar-refractivity contribution in [1.29, 1.82) is 0 Å². The van der Waals surface area contributed by atoms with E-state index in [2.05, 4.69) is 37.4 Å². The Morgan fingerprint density at radius 2 is 1.83 bits per heavy atom. The van der Waals surface area contributed by atoms with E-state index in [0.29, 0.717) is 5.57 Å². The molecule has 2 rings (SSSR count). The lowest BCUT2D eigenvalue weighted by Gasteiger charge is -2.27. The molecule has 1 atom stereocenters. The predicted octanol–water partition coefficient (Wildman–Crippen LogP) is 5.05. The minimum Gasteiger partial charge on any atom is -0.335 e. The topological polar surface area (TPSA) is 20.3 Å². The molecule has 0 radical (unpaired) electrons. The van der Waals surface area contributed by atoms with Crippen LogP contribution in [-0.2, 0) is 4.79 Å². The van der Waals surface area contributed by atoms with Crippen molar-refractivity contribution in [1.82, 2.24) is 4.90 Å². The number of carbonyl (C=O) groups is 1. The van der Waals surface area contributed by atoms with Crippen molar-refractivity contribution in [3.8, 4) is 0 Å². The third-order valence-corrected chi connectivity index (χ3v) is 4.15. The molecule has 0 N–H and O–H groups in total. The lowest BCUT2D eigenvalue weighted by molar-refractivity contribution is -0.127. The van der Waals surface area contributed by atoms with Crippen LogP contribution in [0.2, 0.25) is 0 Å². The van der Waals surface area contributed by atoms with Crippen molar-refractivity contribution >= 4 is 16.7 Å². The first-order valence-electron chi connectivity index (χ1n) is 7.70. The zero-order valence-electron chi connectivity index (χ0n) is 14.0. The zero-order valence-corrected chi connectivity index (χ0v) is 14.0. The highest BCUT2D eigenvalue weighted by atomic mass is 16.2. The quantitative estimate of drug-likeness (QED) is 0.559. The number of amides is 1. The molecule has 118 valence electrons. The molecule has 2 heteroatoms. The van der Waals surface area contributed by atoms with Gasteiger partial charge in [0.25, 0.3) is 5.91 Å². The molecule has 0 unspecified atom stereocenters. The molecule has 0 aromatic heterocycles. The van der Waals surface area contributed by atoms with Gasteiger partial charge in [-0.3, -0.25) is 4.79 Å². The maximum Gasteiger partial charge on any atom is 0.254 e. The first-order chi connectivity index (χ1) is 11.0. The largest absolute Gasteiger partial charge is 0.335 e. The lowest BCUT2D eigenvalue weighted by Crippen LogP contribution is -2.31. The summed E-state index contributed by atoms with van der Waals surface area (Å²) in [6.07, 6.45) is 3.34. The van der Waals surface area contributed by atoms with Crippen molar-refractivity contribution in [3.05, 3.63) is 84.5 Å². The van der Waals surface area contributed by atoms with E-state index < -0.39 is 0 Å². The second-order valence-electron chi connectivity index (χ2n) is 5.76. The third kappa shape index (κ3) is 3.42. The van der Waals surface area contributed by atoms with E-state index in [-0.39, 0.29) is 11.9 Å². The van der Waals surface area contributed by atoms with Crippen LogP contribution in [-0.4, -0.2) is 17.9 Å². The lowest BCUT2D eigenvalue weighted by atomic mass is 9.98. The molecule has 0 bridgehead atoms.